The van der Waals surface area contributed by atoms with Crippen molar-refractivity contribution in [3.8, 4) is 11.1 Å². The summed E-state index contributed by atoms with van der Waals surface area (Å²) in [6, 6.07) is 13.8. The SMILES string of the molecule is CO[C@@H]1C[C@H]2CN(C(=O)c3ccc(-c4ccc(F)cc4)cc3)C[C@H]2C[C@H]1NC(C)=O. The topological polar surface area (TPSA) is 58.6 Å². The van der Waals surface area contributed by atoms with Crippen LogP contribution in [0.15, 0.2) is 48.5 Å². The number of methoxy groups -OCH3 is 1. The number of hydrogen-bond donors (Lipinski definition) is 1. The molecule has 4 atom stereocenters. The van der Waals surface area contributed by atoms with E-state index in [0.29, 0.717) is 23.9 Å². The number of carbonyl (C=O) groups is 2. The van der Waals surface area contributed by atoms with E-state index in [1.807, 2.05) is 29.2 Å². The summed E-state index contributed by atoms with van der Waals surface area (Å²) in [6.07, 6.45) is 1.66. The fourth-order valence-electron chi connectivity index (χ4n) is 4.88. The highest BCUT2D eigenvalue weighted by atomic mass is 19.1. The molecule has 1 saturated carbocycles. The number of benzene rings is 2. The summed E-state index contributed by atoms with van der Waals surface area (Å²) >= 11 is 0. The standard InChI is InChI=1S/C24H27FN2O3/c1-15(28)26-22-11-19-13-27(14-20(19)12-23(22)30-2)24(29)18-5-3-16(4-6-18)17-7-9-21(25)10-8-17/h3-10,19-20,22-23H,11-14H2,1-2H3,(H,26,28)/t19-,20+,22-,23-/m1/s1. The molecule has 1 saturated heterocycles. The highest BCUT2D eigenvalue weighted by Gasteiger charge is 2.43. The van der Waals surface area contributed by atoms with E-state index in [-0.39, 0.29) is 29.8 Å². The average Bonchev–Trinajstić information content (AvgIpc) is 3.15. The molecule has 2 aromatic carbocycles. The van der Waals surface area contributed by atoms with Gasteiger partial charge in [-0.3, -0.25) is 9.59 Å². The summed E-state index contributed by atoms with van der Waals surface area (Å²) in [5, 5.41) is 3.01. The molecule has 4 rings (SSSR count). The number of likely N-dealkylation sites (tertiary alicyclic amines) is 1. The maximum atomic E-state index is 13.1. The van der Waals surface area contributed by atoms with Gasteiger partial charge in [0.25, 0.3) is 5.91 Å². The van der Waals surface area contributed by atoms with Gasteiger partial charge < -0.3 is 15.0 Å². The molecule has 6 heteroatoms. The zero-order valence-electron chi connectivity index (χ0n) is 17.3. The van der Waals surface area contributed by atoms with E-state index in [4.69, 9.17) is 4.74 Å². The summed E-state index contributed by atoms with van der Waals surface area (Å²) in [6.45, 7) is 2.95. The molecule has 1 N–H and O–H groups in total. The molecule has 2 aromatic rings. The first-order valence-electron chi connectivity index (χ1n) is 10.4. The zero-order valence-corrected chi connectivity index (χ0v) is 17.3. The average molecular weight is 410 g/mol. The Morgan fingerprint density at radius 2 is 1.53 bits per heavy atom. The maximum absolute atomic E-state index is 13.1. The molecule has 5 nitrogen and oxygen atoms in total. The predicted molar refractivity (Wildman–Crippen MR) is 112 cm³/mol. The van der Waals surface area contributed by atoms with Gasteiger partial charge in [-0.05, 0) is 60.1 Å². The number of nitrogens with one attached hydrogen (secondary N) is 1. The van der Waals surface area contributed by atoms with Crippen LogP contribution < -0.4 is 5.32 Å². The van der Waals surface area contributed by atoms with Gasteiger partial charge in [0.2, 0.25) is 5.91 Å². The molecule has 0 radical (unpaired) electrons. The summed E-state index contributed by atoms with van der Waals surface area (Å²) in [5.74, 6) is 0.475. The lowest BCUT2D eigenvalue weighted by Crippen LogP contribution is -2.49. The van der Waals surface area contributed by atoms with Crippen LogP contribution in [0.5, 0.6) is 0 Å². The summed E-state index contributed by atoms with van der Waals surface area (Å²) < 4.78 is 18.7. The van der Waals surface area contributed by atoms with Crippen molar-refractivity contribution in [3.63, 3.8) is 0 Å². The lowest BCUT2D eigenvalue weighted by Gasteiger charge is -2.37. The minimum absolute atomic E-state index is 0.00112. The second-order valence-electron chi connectivity index (χ2n) is 8.37. The highest BCUT2D eigenvalue weighted by Crippen LogP contribution is 2.38. The molecule has 0 unspecified atom stereocenters. The number of rotatable bonds is 4. The van der Waals surface area contributed by atoms with Crippen LogP contribution in [0.25, 0.3) is 11.1 Å². The molecule has 2 fully saturated rings. The van der Waals surface area contributed by atoms with E-state index in [0.717, 1.165) is 30.5 Å². The summed E-state index contributed by atoms with van der Waals surface area (Å²) in [5.41, 5.74) is 2.51. The van der Waals surface area contributed by atoms with Gasteiger partial charge in [-0.15, -0.1) is 0 Å². The minimum Gasteiger partial charge on any atom is -0.379 e. The molecular weight excluding hydrogens is 383 g/mol. The zero-order chi connectivity index (χ0) is 21.3. The Balaban J connectivity index is 1.43. The van der Waals surface area contributed by atoms with Crippen molar-refractivity contribution in [3.05, 3.63) is 59.9 Å². The Bertz CT molecular complexity index is 913. The number of nitrogens with zero attached hydrogens (tertiary/aromatic N) is 1. The predicted octanol–water partition coefficient (Wildman–Crippen LogP) is 3.49. The van der Waals surface area contributed by atoms with Crippen molar-refractivity contribution in [2.24, 2.45) is 11.8 Å². The van der Waals surface area contributed by atoms with Crippen LogP contribution in [0.3, 0.4) is 0 Å². The van der Waals surface area contributed by atoms with Crippen LogP contribution in [0.4, 0.5) is 4.39 Å². The number of fused-ring (bicyclic) bond motifs is 1. The van der Waals surface area contributed by atoms with Crippen LogP contribution in [0, 0.1) is 17.7 Å². The normalized spacial score (nSPS) is 25.6. The van der Waals surface area contributed by atoms with E-state index in [1.54, 1.807) is 19.2 Å². The lowest BCUT2D eigenvalue weighted by atomic mass is 9.77. The number of halogens is 1. The molecule has 0 aromatic heterocycles. The molecule has 0 bridgehead atoms. The second-order valence-corrected chi connectivity index (χ2v) is 8.37. The lowest BCUT2D eigenvalue weighted by molar-refractivity contribution is -0.121. The summed E-state index contributed by atoms with van der Waals surface area (Å²) in [4.78, 5) is 26.5. The third-order valence-electron chi connectivity index (χ3n) is 6.41. The molecule has 2 aliphatic rings. The van der Waals surface area contributed by atoms with Gasteiger partial charge in [-0.2, -0.15) is 0 Å². The van der Waals surface area contributed by atoms with Crippen LogP contribution in [-0.2, 0) is 9.53 Å². The van der Waals surface area contributed by atoms with Crippen LogP contribution in [0.1, 0.15) is 30.1 Å². The second kappa shape index (κ2) is 8.56. The fourth-order valence-corrected chi connectivity index (χ4v) is 4.88. The Labute approximate surface area is 176 Å². The van der Waals surface area contributed by atoms with Crippen LogP contribution in [-0.4, -0.2) is 49.1 Å². The first kappa shape index (κ1) is 20.5. The first-order chi connectivity index (χ1) is 14.4. The van der Waals surface area contributed by atoms with Gasteiger partial charge >= 0.3 is 0 Å². The molecule has 1 aliphatic carbocycles. The molecule has 30 heavy (non-hydrogen) atoms. The van der Waals surface area contributed by atoms with Crippen molar-refractivity contribution < 1.29 is 18.7 Å². The number of amides is 2. The third-order valence-corrected chi connectivity index (χ3v) is 6.41. The fraction of sp³-hybridized carbons (Fsp3) is 0.417. The quantitative estimate of drug-likeness (QED) is 0.839. The van der Waals surface area contributed by atoms with Crippen molar-refractivity contribution in [2.45, 2.75) is 31.9 Å². The number of ether oxygens (including phenoxy) is 1. The molecule has 1 heterocycles. The Morgan fingerprint density at radius 3 is 2.10 bits per heavy atom. The van der Waals surface area contributed by atoms with E-state index in [9.17, 15) is 14.0 Å². The van der Waals surface area contributed by atoms with Crippen molar-refractivity contribution in [1.82, 2.24) is 10.2 Å². The molecule has 158 valence electrons. The Kier molecular flexibility index (Phi) is 5.86. The summed E-state index contributed by atoms with van der Waals surface area (Å²) in [7, 11) is 1.68. The number of carbonyl (C=O) groups excluding carboxylic acids is 2. The van der Waals surface area contributed by atoms with E-state index >= 15 is 0 Å². The largest absolute Gasteiger partial charge is 0.379 e. The molecule has 1 aliphatic heterocycles. The van der Waals surface area contributed by atoms with Crippen molar-refractivity contribution in [2.75, 3.05) is 20.2 Å². The van der Waals surface area contributed by atoms with Gasteiger partial charge in [0.05, 0.1) is 12.1 Å². The Hall–Kier alpha value is -2.73. The smallest absolute Gasteiger partial charge is 0.253 e. The van der Waals surface area contributed by atoms with Gasteiger partial charge in [0.15, 0.2) is 0 Å². The Morgan fingerprint density at radius 1 is 0.967 bits per heavy atom. The van der Waals surface area contributed by atoms with Gasteiger partial charge in [0.1, 0.15) is 5.82 Å². The molecule has 2 amide bonds. The third kappa shape index (κ3) is 4.24. The van der Waals surface area contributed by atoms with Gasteiger partial charge in [-0.25, -0.2) is 4.39 Å². The monoisotopic (exact) mass is 410 g/mol. The van der Waals surface area contributed by atoms with Gasteiger partial charge in [0, 0.05) is 32.7 Å². The van der Waals surface area contributed by atoms with Crippen LogP contribution in [0.2, 0.25) is 0 Å². The maximum Gasteiger partial charge on any atom is 0.253 e. The number of hydrogen-bond acceptors (Lipinski definition) is 3. The van der Waals surface area contributed by atoms with Crippen molar-refractivity contribution in [1.29, 1.82) is 0 Å². The van der Waals surface area contributed by atoms with E-state index in [1.165, 1.54) is 19.1 Å². The van der Waals surface area contributed by atoms with Gasteiger partial charge in [-0.1, -0.05) is 24.3 Å². The molecule has 0 spiro atoms. The van der Waals surface area contributed by atoms with E-state index in [2.05, 4.69) is 5.32 Å². The van der Waals surface area contributed by atoms with E-state index < -0.39 is 0 Å². The van der Waals surface area contributed by atoms with Crippen molar-refractivity contribution >= 4 is 11.8 Å². The van der Waals surface area contributed by atoms with Crippen LogP contribution >= 0.6 is 0 Å². The molecular formula is C24H27FN2O3. The first-order valence-corrected chi connectivity index (χ1v) is 10.4. The minimum atomic E-state index is -0.266. The highest BCUT2D eigenvalue weighted by molar-refractivity contribution is 5.95.